The van der Waals surface area contributed by atoms with E-state index in [1.165, 1.54) is 6.07 Å². The number of rotatable bonds is 9. The minimum atomic E-state index is -0.337. The second kappa shape index (κ2) is 9.28. The molecule has 0 aliphatic carbocycles. The third-order valence-corrected chi connectivity index (χ3v) is 3.89. The number of hydrogen-bond donors (Lipinski definition) is 1. The van der Waals surface area contributed by atoms with Crippen molar-refractivity contribution in [3.8, 4) is 11.5 Å². The van der Waals surface area contributed by atoms with Crippen molar-refractivity contribution in [2.45, 2.75) is 32.6 Å². The molecule has 0 heterocycles. The van der Waals surface area contributed by atoms with Crippen molar-refractivity contribution in [1.29, 1.82) is 0 Å². The van der Waals surface area contributed by atoms with Crippen LogP contribution in [-0.2, 0) is 6.42 Å². The van der Waals surface area contributed by atoms with E-state index in [0.29, 0.717) is 13.2 Å². The van der Waals surface area contributed by atoms with Crippen LogP contribution in [0.15, 0.2) is 42.5 Å². The Morgan fingerprint density at radius 2 is 1.79 bits per heavy atom. The van der Waals surface area contributed by atoms with Gasteiger partial charge in [-0.15, -0.1) is 0 Å². The van der Waals surface area contributed by atoms with Gasteiger partial charge in [0, 0.05) is 5.92 Å². The molecule has 2 aromatic rings. The topological polar surface area (TPSA) is 44.5 Å². The van der Waals surface area contributed by atoms with Gasteiger partial charge in [0.05, 0.1) is 13.2 Å². The van der Waals surface area contributed by atoms with Crippen molar-refractivity contribution in [3.63, 3.8) is 0 Å². The minimum Gasteiger partial charge on any atom is -0.494 e. The predicted octanol–water partition coefficient (Wildman–Crippen LogP) is 4.30. The van der Waals surface area contributed by atoms with Crippen LogP contribution in [0.3, 0.4) is 0 Å². The Morgan fingerprint density at radius 1 is 1.04 bits per heavy atom. The second-order valence-corrected chi connectivity index (χ2v) is 5.75. The molecule has 0 spiro atoms. The fraction of sp³-hybridized carbons (Fsp3) is 0.400. The number of ether oxygens (including phenoxy) is 2. The third-order valence-electron chi connectivity index (χ3n) is 3.89. The molecule has 2 rings (SSSR count). The summed E-state index contributed by atoms with van der Waals surface area (Å²) in [6, 6.07) is 13.1. The lowest BCUT2D eigenvalue weighted by Gasteiger charge is -2.17. The monoisotopic (exact) mass is 331 g/mol. The first-order chi connectivity index (χ1) is 11.7. The maximum Gasteiger partial charge on any atom is 0.165 e. The second-order valence-electron chi connectivity index (χ2n) is 5.75. The van der Waals surface area contributed by atoms with Crippen molar-refractivity contribution < 1.29 is 13.9 Å². The molecule has 3 nitrogen and oxygen atoms in total. The lowest BCUT2D eigenvalue weighted by atomic mass is 9.92. The van der Waals surface area contributed by atoms with Gasteiger partial charge in [0.25, 0.3) is 0 Å². The van der Waals surface area contributed by atoms with E-state index in [4.69, 9.17) is 15.2 Å². The van der Waals surface area contributed by atoms with E-state index in [0.717, 1.165) is 36.3 Å². The number of benzene rings is 2. The van der Waals surface area contributed by atoms with E-state index in [-0.39, 0.29) is 17.5 Å². The van der Waals surface area contributed by atoms with Gasteiger partial charge in [0.2, 0.25) is 0 Å². The first-order valence-electron chi connectivity index (χ1n) is 8.52. The average molecular weight is 331 g/mol. The highest BCUT2D eigenvalue weighted by Gasteiger charge is 2.14. The van der Waals surface area contributed by atoms with Crippen LogP contribution in [0.5, 0.6) is 11.5 Å². The van der Waals surface area contributed by atoms with Gasteiger partial charge >= 0.3 is 0 Å². The van der Waals surface area contributed by atoms with Gasteiger partial charge in [-0.25, -0.2) is 4.39 Å². The zero-order valence-corrected chi connectivity index (χ0v) is 14.4. The van der Waals surface area contributed by atoms with Crippen molar-refractivity contribution in [2.24, 2.45) is 5.73 Å². The van der Waals surface area contributed by atoms with Crippen LogP contribution in [-0.4, -0.2) is 19.8 Å². The highest BCUT2D eigenvalue weighted by molar-refractivity contribution is 5.34. The summed E-state index contributed by atoms with van der Waals surface area (Å²) in [7, 11) is 0. The highest BCUT2D eigenvalue weighted by Crippen LogP contribution is 2.26. The van der Waals surface area contributed by atoms with Crippen molar-refractivity contribution >= 4 is 0 Å². The van der Waals surface area contributed by atoms with Crippen LogP contribution < -0.4 is 15.2 Å². The number of hydrogen-bond acceptors (Lipinski definition) is 3. The molecule has 24 heavy (non-hydrogen) atoms. The van der Waals surface area contributed by atoms with Gasteiger partial charge in [0.1, 0.15) is 5.75 Å². The van der Waals surface area contributed by atoms with E-state index in [1.807, 2.05) is 37.3 Å². The molecule has 0 saturated carbocycles. The van der Waals surface area contributed by atoms with Crippen LogP contribution in [0.1, 0.15) is 37.3 Å². The summed E-state index contributed by atoms with van der Waals surface area (Å²) in [4.78, 5) is 0. The molecule has 130 valence electrons. The highest BCUT2D eigenvalue weighted by atomic mass is 19.1. The van der Waals surface area contributed by atoms with Gasteiger partial charge in [-0.05, 0) is 61.7 Å². The molecule has 0 aliphatic heterocycles. The zero-order chi connectivity index (χ0) is 17.4. The van der Waals surface area contributed by atoms with E-state index in [9.17, 15) is 4.39 Å². The molecule has 0 fully saturated rings. The Kier molecular flexibility index (Phi) is 7.07. The van der Waals surface area contributed by atoms with E-state index in [2.05, 4.69) is 6.92 Å². The Hall–Kier alpha value is -2.07. The average Bonchev–Trinajstić information content (AvgIpc) is 2.61. The molecule has 1 unspecified atom stereocenters. The fourth-order valence-electron chi connectivity index (χ4n) is 2.61. The van der Waals surface area contributed by atoms with Gasteiger partial charge < -0.3 is 15.2 Å². The predicted molar refractivity (Wildman–Crippen MR) is 95.3 cm³/mol. The molecule has 2 aromatic carbocycles. The van der Waals surface area contributed by atoms with Crippen molar-refractivity contribution in [3.05, 3.63) is 59.4 Å². The molecule has 0 saturated heterocycles. The Balaban J connectivity index is 2.07. The largest absolute Gasteiger partial charge is 0.494 e. The lowest BCUT2D eigenvalue weighted by Crippen LogP contribution is -2.15. The van der Waals surface area contributed by atoms with Crippen LogP contribution in [0.2, 0.25) is 0 Å². The Labute approximate surface area is 143 Å². The van der Waals surface area contributed by atoms with Gasteiger partial charge in [0.15, 0.2) is 11.6 Å². The van der Waals surface area contributed by atoms with E-state index in [1.54, 1.807) is 6.07 Å². The fourth-order valence-corrected chi connectivity index (χ4v) is 2.61. The molecule has 0 bridgehead atoms. The Morgan fingerprint density at radius 3 is 2.38 bits per heavy atom. The molecule has 1 atom stereocenters. The maximum atomic E-state index is 14.1. The van der Waals surface area contributed by atoms with Crippen LogP contribution >= 0.6 is 0 Å². The van der Waals surface area contributed by atoms with E-state index < -0.39 is 0 Å². The summed E-state index contributed by atoms with van der Waals surface area (Å²) in [6.07, 6.45) is 1.75. The lowest BCUT2D eigenvalue weighted by molar-refractivity contribution is 0.317. The molecule has 0 aliphatic rings. The van der Waals surface area contributed by atoms with Crippen LogP contribution in [0, 0.1) is 5.82 Å². The minimum absolute atomic E-state index is 0.0672. The molecule has 2 N–H and O–H groups in total. The van der Waals surface area contributed by atoms with Gasteiger partial charge in [-0.3, -0.25) is 0 Å². The maximum absolute atomic E-state index is 14.1. The molecule has 0 amide bonds. The molecular weight excluding hydrogens is 305 g/mol. The van der Waals surface area contributed by atoms with Crippen molar-refractivity contribution in [2.75, 3.05) is 19.8 Å². The van der Waals surface area contributed by atoms with Crippen LogP contribution in [0.25, 0.3) is 0 Å². The third kappa shape index (κ3) is 4.96. The standard InChI is InChI=1S/C20H26FNO2/c1-3-11-24-18-8-5-15(6-9-18)12-17(14-22)16-7-10-20(23-4-2)19(21)13-16/h5-10,13,17H,3-4,11-12,14,22H2,1-2H3. The van der Waals surface area contributed by atoms with E-state index >= 15 is 0 Å². The SMILES string of the molecule is CCCOc1ccc(CC(CN)c2ccc(OCC)c(F)c2)cc1. The number of halogens is 1. The Bertz CT molecular complexity index is 628. The first kappa shape index (κ1) is 18.3. The molecule has 4 heteroatoms. The molecule has 0 radical (unpaired) electrons. The summed E-state index contributed by atoms with van der Waals surface area (Å²) in [5.41, 5.74) is 7.97. The van der Waals surface area contributed by atoms with Gasteiger partial charge in [-0.1, -0.05) is 25.1 Å². The normalized spacial score (nSPS) is 12.0. The summed E-state index contributed by atoms with van der Waals surface area (Å²) in [5, 5.41) is 0. The molecule has 0 aromatic heterocycles. The molecular formula is C20H26FNO2. The van der Waals surface area contributed by atoms with Gasteiger partial charge in [-0.2, -0.15) is 0 Å². The van der Waals surface area contributed by atoms with Crippen LogP contribution in [0.4, 0.5) is 4.39 Å². The summed E-state index contributed by atoms with van der Waals surface area (Å²) >= 11 is 0. The summed E-state index contributed by atoms with van der Waals surface area (Å²) in [6.45, 7) is 5.54. The number of nitrogens with two attached hydrogens (primary N) is 1. The first-order valence-corrected chi connectivity index (χ1v) is 8.52. The summed E-state index contributed by atoms with van der Waals surface area (Å²) in [5.74, 6) is 0.889. The summed E-state index contributed by atoms with van der Waals surface area (Å²) < 4.78 is 24.9. The quantitative estimate of drug-likeness (QED) is 0.745. The zero-order valence-electron chi connectivity index (χ0n) is 14.4. The van der Waals surface area contributed by atoms with Crippen molar-refractivity contribution in [1.82, 2.24) is 0 Å². The smallest absolute Gasteiger partial charge is 0.165 e.